The molecule has 1 aromatic heterocycles. The Hall–Kier alpha value is -2.98. The Balaban J connectivity index is 1.91. The number of nitrogens with two attached hydrogens (primary N) is 1. The molecule has 0 spiro atoms. The summed E-state index contributed by atoms with van der Waals surface area (Å²) in [5.74, 6) is 0.186. The lowest BCUT2D eigenvalue weighted by Gasteiger charge is -2.14. The Morgan fingerprint density at radius 1 is 1.10 bits per heavy atom. The van der Waals surface area contributed by atoms with Crippen molar-refractivity contribution in [2.75, 3.05) is 16.9 Å². The molecular formula is C20H20BrN5O3S. The van der Waals surface area contributed by atoms with E-state index >= 15 is 0 Å². The second kappa shape index (κ2) is 8.41. The van der Waals surface area contributed by atoms with Crippen LogP contribution in [-0.4, -0.2) is 30.5 Å². The van der Waals surface area contributed by atoms with E-state index in [-0.39, 0.29) is 4.90 Å². The van der Waals surface area contributed by atoms with E-state index in [4.69, 9.17) is 5.73 Å². The molecule has 0 saturated heterocycles. The van der Waals surface area contributed by atoms with Crippen LogP contribution in [-0.2, 0) is 9.84 Å². The highest BCUT2D eigenvalue weighted by molar-refractivity contribution is 9.10. The predicted molar refractivity (Wildman–Crippen MR) is 120 cm³/mol. The third-order valence-corrected chi connectivity index (χ3v) is 6.18. The number of aryl methyl sites for hydroxylation is 2. The average molecular weight is 490 g/mol. The van der Waals surface area contributed by atoms with E-state index in [0.717, 1.165) is 5.56 Å². The summed E-state index contributed by atoms with van der Waals surface area (Å²) in [5.41, 5.74) is 8.43. The molecule has 0 aliphatic heterocycles. The fraction of sp³-hybridized carbons (Fsp3) is 0.150. The first-order valence-corrected chi connectivity index (χ1v) is 11.5. The van der Waals surface area contributed by atoms with Gasteiger partial charge in [-0.05, 0) is 65.2 Å². The largest absolute Gasteiger partial charge is 0.366 e. The zero-order valence-electron chi connectivity index (χ0n) is 16.5. The second-order valence-electron chi connectivity index (χ2n) is 6.75. The summed E-state index contributed by atoms with van der Waals surface area (Å²) in [7, 11) is -3.30. The van der Waals surface area contributed by atoms with Crippen molar-refractivity contribution in [1.82, 2.24) is 9.97 Å². The Morgan fingerprint density at radius 2 is 1.83 bits per heavy atom. The molecule has 0 radical (unpaired) electrons. The molecule has 0 unspecified atom stereocenters. The van der Waals surface area contributed by atoms with Crippen LogP contribution in [0.2, 0.25) is 0 Å². The Morgan fingerprint density at radius 3 is 2.47 bits per heavy atom. The van der Waals surface area contributed by atoms with E-state index in [2.05, 4.69) is 36.5 Å². The van der Waals surface area contributed by atoms with Gasteiger partial charge < -0.3 is 16.4 Å². The van der Waals surface area contributed by atoms with Gasteiger partial charge in [0.15, 0.2) is 9.84 Å². The third-order valence-electron chi connectivity index (χ3n) is 4.35. The van der Waals surface area contributed by atoms with Crippen LogP contribution in [0.5, 0.6) is 0 Å². The molecule has 0 aliphatic carbocycles. The number of aromatic nitrogens is 2. The van der Waals surface area contributed by atoms with Crippen molar-refractivity contribution >= 4 is 54.8 Å². The van der Waals surface area contributed by atoms with Gasteiger partial charge in [-0.15, -0.1) is 0 Å². The number of sulfone groups is 1. The van der Waals surface area contributed by atoms with Crippen LogP contribution in [0.4, 0.5) is 23.1 Å². The van der Waals surface area contributed by atoms with E-state index in [0.29, 0.717) is 38.7 Å². The molecule has 1 heterocycles. The van der Waals surface area contributed by atoms with Crippen molar-refractivity contribution < 1.29 is 13.2 Å². The number of amides is 1. The highest BCUT2D eigenvalue weighted by atomic mass is 79.9. The highest BCUT2D eigenvalue weighted by Crippen LogP contribution is 2.28. The number of nitrogens with one attached hydrogen (secondary N) is 2. The lowest BCUT2D eigenvalue weighted by Crippen LogP contribution is -2.15. The predicted octanol–water partition coefficient (Wildman–Crippen LogP) is 3.85. The number of hydrogen-bond acceptors (Lipinski definition) is 7. The van der Waals surface area contributed by atoms with Gasteiger partial charge in [0.05, 0.1) is 20.6 Å². The highest BCUT2D eigenvalue weighted by Gasteiger charge is 2.15. The van der Waals surface area contributed by atoms with Gasteiger partial charge in [0, 0.05) is 18.1 Å². The molecule has 1 amide bonds. The number of carbonyl (C=O) groups is 1. The van der Waals surface area contributed by atoms with Gasteiger partial charge >= 0.3 is 0 Å². The Kier molecular flexibility index (Phi) is 6.09. The summed E-state index contributed by atoms with van der Waals surface area (Å²) >= 11 is 3.40. The smallest absolute Gasteiger partial charge is 0.251 e. The number of primary amides is 1. The molecule has 3 rings (SSSR count). The zero-order valence-corrected chi connectivity index (χ0v) is 18.9. The van der Waals surface area contributed by atoms with Gasteiger partial charge in [0.2, 0.25) is 5.95 Å². The minimum Gasteiger partial charge on any atom is -0.366 e. The molecule has 30 heavy (non-hydrogen) atoms. The van der Waals surface area contributed by atoms with Crippen molar-refractivity contribution in [3.8, 4) is 0 Å². The van der Waals surface area contributed by atoms with Crippen molar-refractivity contribution in [3.63, 3.8) is 0 Å². The van der Waals surface area contributed by atoms with E-state index in [1.165, 1.54) is 12.3 Å². The molecule has 2 aromatic carbocycles. The van der Waals surface area contributed by atoms with E-state index in [9.17, 15) is 13.2 Å². The van der Waals surface area contributed by atoms with E-state index < -0.39 is 15.7 Å². The first-order valence-electron chi connectivity index (χ1n) is 8.83. The number of hydrogen-bond donors (Lipinski definition) is 3. The molecule has 10 heteroatoms. The van der Waals surface area contributed by atoms with Crippen LogP contribution in [0.15, 0.2) is 52.0 Å². The van der Waals surface area contributed by atoms with E-state index in [1.54, 1.807) is 44.3 Å². The molecule has 156 valence electrons. The summed E-state index contributed by atoms with van der Waals surface area (Å²) in [6.45, 7) is 3.52. The molecule has 0 aliphatic rings. The van der Waals surface area contributed by atoms with Gasteiger partial charge in [0.1, 0.15) is 5.82 Å². The molecule has 0 atom stereocenters. The molecule has 3 aromatic rings. The van der Waals surface area contributed by atoms with Crippen LogP contribution in [0.3, 0.4) is 0 Å². The summed E-state index contributed by atoms with van der Waals surface area (Å²) in [6, 6.07) is 10.2. The van der Waals surface area contributed by atoms with Crippen molar-refractivity contribution in [3.05, 3.63) is 63.8 Å². The summed E-state index contributed by atoms with van der Waals surface area (Å²) in [6.07, 6.45) is 2.74. The monoisotopic (exact) mass is 489 g/mol. The average Bonchev–Trinajstić information content (AvgIpc) is 2.63. The molecule has 8 nitrogen and oxygen atoms in total. The van der Waals surface area contributed by atoms with Crippen LogP contribution in [0.1, 0.15) is 21.5 Å². The molecule has 0 saturated carbocycles. The molecule has 0 fully saturated rings. The summed E-state index contributed by atoms with van der Waals surface area (Å²) in [4.78, 5) is 20.8. The second-order valence-corrected chi connectivity index (χ2v) is 9.59. The SMILES string of the molecule is Cc1cc(Nc2ncc(Br)c(Nc3cccc(C)c3C(N)=O)n2)ccc1S(C)(=O)=O. The Bertz CT molecular complexity index is 1250. The number of anilines is 4. The van der Waals surface area contributed by atoms with E-state index in [1.807, 2.05) is 6.07 Å². The van der Waals surface area contributed by atoms with Crippen molar-refractivity contribution in [2.45, 2.75) is 18.7 Å². The maximum Gasteiger partial charge on any atom is 0.251 e. The third kappa shape index (κ3) is 4.77. The summed E-state index contributed by atoms with van der Waals surface area (Å²) in [5, 5.41) is 6.17. The molecule has 0 bridgehead atoms. The van der Waals surface area contributed by atoms with Gasteiger partial charge in [-0.1, -0.05) is 12.1 Å². The lowest BCUT2D eigenvalue weighted by molar-refractivity contribution is 0.100. The maximum absolute atomic E-state index is 11.8. The topological polar surface area (TPSA) is 127 Å². The van der Waals surface area contributed by atoms with Gasteiger partial charge in [-0.3, -0.25) is 4.79 Å². The maximum atomic E-state index is 11.8. The Labute approximate surface area is 183 Å². The summed E-state index contributed by atoms with van der Waals surface area (Å²) < 4.78 is 24.2. The van der Waals surface area contributed by atoms with Crippen molar-refractivity contribution in [1.29, 1.82) is 0 Å². The van der Waals surface area contributed by atoms with Crippen LogP contribution < -0.4 is 16.4 Å². The fourth-order valence-electron chi connectivity index (χ4n) is 3.01. The number of nitrogens with zero attached hydrogens (tertiary/aromatic N) is 2. The van der Waals surface area contributed by atoms with Crippen LogP contribution in [0.25, 0.3) is 0 Å². The number of benzene rings is 2. The standard InChI is InChI=1S/C20H20BrN5O3S/c1-11-5-4-6-15(17(11)18(22)27)25-19-14(21)10-23-20(26-19)24-13-7-8-16(12(2)9-13)30(3,28)29/h4-10H,1-3H3,(H2,22,27)(H2,23,24,25,26). The van der Waals surface area contributed by atoms with Gasteiger partial charge in [-0.25, -0.2) is 13.4 Å². The van der Waals surface area contributed by atoms with Gasteiger partial charge in [-0.2, -0.15) is 4.98 Å². The van der Waals surface area contributed by atoms with Crippen LogP contribution >= 0.6 is 15.9 Å². The zero-order chi connectivity index (χ0) is 22.1. The first-order chi connectivity index (χ1) is 14.1. The molecular weight excluding hydrogens is 470 g/mol. The molecule has 4 N–H and O–H groups in total. The minimum atomic E-state index is -3.30. The number of halogens is 1. The fourth-order valence-corrected chi connectivity index (χ4v) is 4.26. The number of carbonyl (C=O) groups excluding carboxylic acids is 1. The normalized spacial score (nSPS) is 11.2. The lowest BCUT2D eigenvalue weighted by atomic mass is 10.1. The first kappa shape index (κ1) is 21.7. The number of rotatable bonds is 6. The van der Waals surface area contributed by atoms with Crippen molar-refractivity contribution in [2.24, 2.45) is 5.73 Å². The van der Waals surface area contributed by atoms with Crippen LogP contribution in [0, 0.1) is 13.8 Å². The quantitative estimate of drug-likeness (QED) is 0.479. The van der Waals surface area contributed by atoms with Gasteiger partial charge in [0.25, 0.3) is 5.91 Å². The minimum absolute atomic E-state index is 0.269.